The van der Waals surface area contributed by atoms with Gasteiger partial charge in [0.2, 0.25) is 0 Å². The first kappa shape index (κ1) is 17.1. The molecule has 0 spiro atoms. The van der Waals surface area contributed by atoms with Crippen LogP contribution < -0.4 is 0 Å². The van der Waals surface area contributed by atoms with Crippen molar-refractivity contribution in [3.8, 4) is 0 Å². The van der Waals surface area contributed by atoms with Crippen LogP contribution in [0.3, 0.4) is 0 Å². The number of esters is 2. The highest BCUT2D eigenvalue weighted by Gasteiger charge is 2.49. The van der Waals surface area contributed by atoms with Gasteiger partial charge < -0.3 is 9.47 Å². The second-order valence-electron chi connectivity index (χ2n) is 7.77. The summed E-state index contributed by atoms with van der Waals surface area (Å²) < 4.78 is 10.4. The number of rotatable bonds is 2. The molecule has 3 aliphatic rings. The van der Waals surface area contributed by atoms with Gasteiger partial charge in [0.1, 0.15) is 5.76 Å². The fourth-order valence-electron chi connectivity index (χ4n) is 5.11. The van der Waals surface area contributed by atoms with Crippen molar-refractivity contribution in [2.24, 2.45) is 11.3 Å². The highest BCUT2D eigenvalue weighted by atomic mass is 16.5. The Morgan fingerprint density at radius 1 is 1.15 bits per heavy atom. The van der Waals surface area contributed by atoms with Crippen molar-refractivity contribution in [2.75, 3.05) is 7.11 Å². The quantitative estimate of drug-likeness (QED) is 0.745. The minimum absolute atomic E-state index is 0.156. The summed E-state index contributed by atoms with van der Waals surface area (Å²) >= 11 is 0. The topological polar surface area (TPSA) is 52.6 Å². The van der Waals surface area contributed by atoms with Crippen LogP contribution in [0.15, 0.2) is 41.7 Å². The van der Waals surface area contributed by atoms with E-state index in [4.69, 9.17) is 9.47 Å². The average Bonchev–Trinajstić information content (AvgIpc) is 2.96. The molecule has 4 heteroatoms. The van der Waals surface area contributed by atoms with E-state index >= 15 is 0 Å². The number of hydrogen-bond acceptors (Lipinski definition) is 4. The number of methoxy groups -OCH3 is 1. The first-order valence-electron chi connectivity index (χ1n) is 9.26. The van der Waals surface area contributed by atoms with Crippen molar-refractivity contribution in [1.29, 1.82) is 0 Å². The molecule has 0 aromatic heterocycles. The van der Waals surface area contributed by atoms with E-state index in [1.807, 2.05) is 18.2 Å². The van der Waals surface area contributed by atoms with Crippen LogP contribution in [-0.4, -0.2) is 19.0 Å². The van der Waals surface area contributed by atoms with Gasteiger partial charge in [0.15, 0.2) is 0 Å². The summed E-state index contributed by atoms with van der Waals surface area (Å²) in [6, 6.07) is 5.99. The van der Waals surface area contributed by atoms with E-state index in [9.17, 15) is 9.59 Å². The van der Waals surface area contributed by atoms with Crippen LogP contribution in [0.5, 0.6) is 0 Å². The Morgan fingerprint density at radius 2 is 1.96 bits per heavy atom. The minimum atomic E-state index is -0.278. The number of aryl methyl sites for hydroxylation is 1. The normalized spacial score (nSPS) is 28.9. The zero-order chi connectivity index (χ0) is 18.5. The van der Waals surface area contributed by atoms with Crippen molar-refractivity contribution in [2.45, 2.75) is 45.4 Å². The summed E-state index contributed by atoms with van der Waals surface area (Å²) in [4.78, 5) is 23.3. The van der Waals surface area contributed by atoms with E-state index in [0.717, 1.165) is 31.4 Å². The first-order chi connectivity index (χ1) is 12.4. The lowest BCUT2D eigenvalue weighted by Gasteiger charge is -2.46. The summed E-state index contributed by atoms with van der Waals surface area (Å²) in [5.74, 6) is 1.20. The first-order valence-corrected chi connectivity index (χ1v) is 9.26. The molecule has 0 bridgehead atoms. The third-order valence-corrected chi connectivity index (χ3v) is 6.38. The highest BCUT2D eigenvalue weighted by molar-refractivity contribution is 5.89. The Kier molecular flexibility index (Phi) is 4.02. The third-order valence-electron chi connectivity index (χ3n) is 6.38. The molecular weight excluding hydrogens is 328 g/mol. The Bertz CT molecular complexity index is 848. The number of fused-ring (bicyclic) bond motifs is 5. The summed E-state index contributed by atoms with van der Waals surface area (Å²) in [7, 11) is 1.42. The molecule has 1 aromatic carbocycles. The molecule has 136 valence electrons. The predicted molar refractivity (Wildman–Crippen MR) is 97.6 cm³/mol. The number of carbonyl (C=O) groups excluding carboxylic acids is 2. The SMILES string of the molecule is COC(=O)c1ccc2c(c1)CCC1C3=CC=C(OC(C)=O)[C@@]3(C)CCC21. The molecule has 0 heterocycles. The standard InChI is InChI=1S/C22H24O4/c1-13(23)26-20-9-8-19-18-7-4-14-12-15(21(24)25-3)5-6-16(14)17(18)10-11-22(19,20)2/h5-6,8-9,12,17-18H,4,7,10-11H2,1-3H3/t17?,18?,22-/m0/s1. The maximum absolute atomic E-state index is 11.8. The van der Waals surface area contributed by atoms with Gasteiger partial charge in [-0.3, -0.25) is 4.79 Å². The fourth-order valence-corrected chi connectivity index (χ4v) is 5.11. The number of ether oxygens (including phenoxy) is 2. The van der Waals surface area contributed by atoms with Crippen LogP contribution in [0, 0.1) is 11.3 Å². The lowest BCUT2D eigenvalue weighted by molar-refractivity contribution is -0.138. The van der Waals surface area contributed by atoms with Crippen LogP contribution in [0.1, 0.15) is 60.5 Å². The molecule has 0 saturated heterocycles. The van der Waals surface area contributed by atoms with Gasteiger partial charge in [-0.05, 0) is 73.8 Å². The summed E-state index contributed by atoms with van der Waals surface area (Å²) in [6.07, 6.45) is 8.19. The van der Waals surface area contributed by atoms with Crippen molar-refractivity contribution in [3.05, 3.63) is 58.4 Å². The molecular formula is C22H24O4. The van der Waals surface area contributed by atoms with Crippen LogP contribution >= 0.6 is 0 Å². The number of carbonyl (C=O) groups is 2. The van der Waals surface area contributed by atoms with E-state index in [-0.39, 0.29) is 17.4 Å². The smallest absolute Gasteiger partial charge is 0.337 e. The highest BCUT2D eigenvalue weighted by Crippen LogP contribution is 2.59. The second kappa shape index (κ2) is 6.11. The van der Waals surface area contributed by atoms with Gasteiger partial charge in [-0.2, -0.15) is 0 Å². The zero-order valence-corrected chi connectivity index (χ0v) is 15.5. The molecule has 0 N–H and O–H groups in total. The molecule has 3 aliphatic carbocycles. The van der Waals surface area contributed by atoms with Crippen molar-refractivity contribution < 1.29 is 19.1 Å². The number of hydrogen-bond donors (Lipinski definition) is 0. The lowest BCUT2D eigenvalue weighted by atomic mass is 9.58. The van der Waals surface area contributed by atoms with Gasteiger partial charge in [0.25, 0.3) is 0 Å². The monoisotopic (exact) mass is 352 g/mol. The van der Waals surface area contributed by atoms with E-state index < -0.39 is 0 Å². The number of benzene rings is 1. The van der Waals surface area contributed by atoms with Crippen LogP contribution in [-0.2, 0) is 20.7 Å². The Labute approximate surface area is 153 Å². The molecule has 0 amide bonds. The van der Waals surface area contributed by atoms with Crippen LogP contribution in [0.2, 0.25) is 0 Å². The third kappa shape index (κ3) is 2.51. The van der Waals surface area contributed by atoms with E-state index in [0.29, 0.717) is 17.4 Å². The summed E-state index contributed by atoms with van der Waals surface area (Å²) in [6.45, 7) is 3.66. The van der Waals surface area contributed by atoms with Gasteiger partial charge in [-0.25, -0.2) is 4.79 Å². The second-order valence-corrected chi connectivity index (χ2v) is 7.77. The largest absolute Gasteiger partial charge is 0.465 e. The van der Waals surface area contributed by atoms with Crippen molar-refractivity contribution in [3.63, 3.8) is 0 Å². The molecule has 1 aromatic rings. The van der Waals surface area contributed by atoms with Crippen LogP contribution in [0.25, 0.3) is 0 Å². The molecule has 26 heavy (non-hydrogen) atoms. The molecule has 2 unspecified atom stereocenters. The minimum Gasteiger partial charge on any atom is -0.465 e. The molecule has 4 rings (SSSR count). The van der Waals surface area contributed by atoms with E-state index in [1.54, 1.807) is 0 Å². The Balaban J connectivity index is 1.63. The average molecular weight is 352 g/mol. The molecule has 1 fully saturated rings. The maximum atomic E-state index is 11.8. The number of allylic oxidation sites excluding steroid dienone is 3. The molecule has 1 saturated carbocycles. The molecule has 3 atom stereocenters. The summed E-state index contributed by atoms with van der Waals surface area (Å²) in [5, 5.41) is 0. The van der Waals surface area contributed by atoms with E-state index in [1.165, 1.54) is 30.7 Å². The van der Waals surface area contributed by atoms with Crippen molar-refractivity contribution >= 4 is 11.9 Å². The zero-order valence-electron chi connectivity index (χ0n) is 15.5. The van der Waals surface area contributed by atoms with Gasteiger partial charge in [0.05, 0.1) is 12.7 Å². The predicted octanol–water partition coefficient (Wildman–Crippen LogP) is 4.31. The lowest BCUT2D eigenvalue weighted by Crippen LogP contribution is -2.36. The van der Waals surface area contributed by atoms with Gasteiger partial charge in [-0.1, -0.05) is 17.7 Å². The molecule has 0 radical (unpaired) electrons. The van der Waals surface area contributed by atoms with E-state index in [2.05, 4.69) is 19.1 Å². The van der Waals surface area contributed by atoms with Crippen molar-refractivity contribution in [1.82, 2.24) is 0 Å². The van der Waals surface area contributed by atoms with Gasteiger partial charge >= 0.3 is 11.9 Å². The molecule has 0 aliphatic heterocycles. The Morgan fingerprint density at radius 3 is 2.69 bits per heavy atom. The summed E-state index contributed by atoms with van der Waals surface area (Å²) in [5.41, 5.74) is 4.50. The Hall–Kier alpha value is -2.36. The van der Waals surface area contributed by atoms with Gasteiger partial charge in [0, 0.05) is 12.3 Å². The fraction of sp³-hybridized carbons (Fsp3) is 0.455. The maximum Gasteiger partial charge on any atom is 0.337 e. The van der Waals surface area contributed by atoms with Gasteiger partial charge in [-0.15, -0.1) is 0 Å². The molecule has 4 nitrogen and oxygen atoms in total. The van der Waals surface area contributed by atoms with Crippen LogP contribution in [0.4, 0.5) is 0 Å².